The highest BCUT2D eigenvalue weighted by molar-refractivity contribution is 7.16. The summed E-state index contributed by atoms with van der Waals surface area (Å²) in [6.07, 6.45) is 0.579. The molecule has 6 nitrogen and oxygen atoms in total. The molecule has 8 heteroatoms. The average Bonchev–Trinajstić information content (AvgIpc) is 3.38. The van der Waals surface area contributed by atoms with Crippen molar-refractivity contribution in [2.24, 2.45) is 5.10 Å². The van der Waals surface area contributed by atoms with Crippen LogP contribution in [0.4, 0.5) is 5.13 Å². The molecule has 1 aromatic heterocycles. The average molecular weight is 455 g/mol. The molecule has 160 valence electrons. The molecular weight excluding hydrogens is 432 g/mol. The molecule has 1 unspecified atom stereocenters. The van der Waals surface area contributed by atoms with Crippen LogP contribution in [0.25, 0.3) is 0 Å². The van der Waals surface area contributed by atoms with Crippen molar-refractivity contribution in [1.29, 1.82) is 0 Å². The van der Waals surface area contributed by atoms with E-state index in [9.17, 15) is 4.79 Å². The second-order valence-corrected chi connectivity index (χ2v) is 8.72. The number of hydrazone groups is 1. The standard InChI is InChI=1S/C23H23ClN4O2S/c1-15(29)28-20(13-19(26-28)17-9-11-18(30-3)12-10-17)21-22(24)25-23(31-21)27(2)14-16-7-5-4-6-8-16/h4-12,20H,13-14H2,1-3H3. The summed E-state index contributed by atoms with van der Waals surface area (Å²) >= 11 is 8.05. The third-order valence-corrected chi connectivity index (χ3v) is 6.82. The number of hydrogen-bond acceptors (Lipinski definition) is 6. The maximum absolute atomic E-state index is 12.3. The summed E-state index contributed by atoms with van der Waals surface area (Å²) in [7, 11) is 3.62. The van der Waals surface area contributed by atoms with Gasteiger partial charge in [0, 0.05) is 26.9 Å². The van der Waals surface area contributed by atoms with E-state index in [0.29, 0.717) is 11.6 Å². The van der Waals surface area contributed by atoms with Crippen LogP contribution in [0, 0.1) is 0 Å². The van der Waals surface area contributed by atoms with Crippen molar-refractivity contribution in [2.75, 3.05) is 19.1 Å². The SMILES string of the molecule is COc1ccc(C2=NN(C(C)=O)C(c3sc(N(C)Cc4ccccc4)nc3Cl)C2)cc1. The second-order valence-electron chi connectivity index (χ2n) is 7.35. The van der Waals surface area contributed by atoms with E-state index in [-0.39, 0.29) is 11.9 Å². The molecular formula is C23H23ClN4O2S. The van der Waals surface area contributed by atoms with E-state index in [2.05, 4.69) is 27.1 Å². The fourth-order valence-electron chi connectivity index (χ4n) is 3.56. The number of anilines is 1. The van der Waals surface area contributed by atoms with Crippen molar-refractivity contribution in [3.63, 3.8) is 0 Å². The maximum Gasteiger partial charge on any atom is 0.240 e. The summed E-state index contributed by atoms with van der Waals surface area (Å²) in [5.41, 5.74) is 2.98. The smallest absolute Gasteiger partial charge is 0.240 e. The van der Waals surface area contributed by atoms with E-state index >= 15 is 0 Å². The van der Waals surface area contributed by atoms with E-state index < -0.39 is 0 Å². The molecule has 0 fully saturated rings. The number of carbonyl (C=O) groups is 1. The Balaban J connectivity index is 1.57. The Hall–Kier alpha value is -2.90. The zero-order valence-electron chi connectivity index (χ0n) is 17.6. The van der Waals surface area contributed by atoms with E-state index in [4.69, 9.17) is 16.3 Å². The Kier molecular flexibility index (Phi) is 6.25. The minimum absolute atomic E-state index is 0.128. The lowest BCUT2D eigenvalue weighted by molar-refractivity contribution is -0.130. The molecule has 0 bridgehead atoms. The number of halogens is 1. The van der Waals surface area contributed by atoms with Crippen molar-refractivity contribution < 1.29 is 9.53 Å². The molecule has 1 atom stereocenters. The largest absolute Gasteiger partial charge is 0.497 e. The zero-order chi connectivity index (χ0) is 22.0. The van der Waals surface area contributed by atoms with Crippen LogP contribution in [-0.2, 0) is 11.3 Å². The number of hydrogen-bond donors (Lipinski definition) is 0. The number of nitrogens with zero attached hydrogens (tertiary/aromatic N) is 4. The van der Waals surface area contributed by atoms with Crippen molar-refractivity contribution in [3.05, 3.63) is 75.8 Å². The van der Waals surface area contributed by atoms with Crippen LogP contribution in [0.15, 0.2) is 59.7 Å². The van der Waals surface area contributed by atoms with Crippen molar-refractivity contribution in [3.8, 4) is 5.75 Å². The van der Waals surface area contributed by atoms with Gasteiger partial charge in [0.25, 0.3) is 0 Å². The quantitative estimate of drug-likeness (QED) is 0.517. The Morgan fingerprint density at radius 2 is 1.94 bits per heavy atom. The van der Waals surface area contributed by atoms with Gasteiger partial charge in [-0.1, -0.05) is 53.3 Å². The molecule has 0 saturated heterocycles. The molecule has 0 radical (unpaired) electrons. The Bertz CT molecular complexity index is 1100. The lowest BCUT2D eigenvalue weighted by atomic mass is 10.0. The van der Waals surface area contributed by atoms with Gasteiger partial charge in [-0.15, -0.1) is 0 Å². The van der Waals surface area contributed by atoms with Crippen molar-refractivity contribution >= 4 is 39.7 Å². The topological polar surface area (TPSA) is 58.0 Å². The lowest BCUT2D eigenvalue weighted by Gasteiger charge is -2.19. The monoisotopic (exact) mass is 454 g/mol. The molecule has 0 N–H and O–H groups in total. The van der Waals surface area contributed by atoms with Crippen LogP contribution in [0.3, 0.4) is 0 Å². The number of rotatable bonds is 6. The Labute approximate surface area is 190 Å². The molecule has 1 aliphatic rings. The van der Waals surface area contributed by atoms with Gasteiger partial charge < -0.3 is 9.64 Å². The molecule has 1 aliphatic heterocycles. The third kappa shape index (κ3) is 4.57. The first-order valence-corrected chi connectivity index (χ1v) is 11.1. The fraction of sp³-hybridized carbons (Fsp3) is 0.261. The molecule has 2 aromatic carbocycles. The van der Waals surface area contributed by atoms with Crippen LogP contribution in [0.5, 0.6) is 5.75 Å². The minimum Gasteiger partial charge on any atom is -0.497 e. The molecule has 3 aromatic rings. The maximum atomic E-state index is 12.3. The summed E-state index contributed by atoms with van der Waals surface area (Å²) in [4.78, 5) is 19.8. The molecule has 2 heterocycles. The molecule has 1 amide bonds. The zero-order valence-corrected chi connectivity index (χ0v) is 19.2. The summed E-state index contributed by atoms with van der Waals surface area (Å²) in [5.74, 6) is 0.649. The number of thiazole rings is 1. The van der Waals surface area contributed by atoms with E-state index in [1.54, 1.807) is 7.11 Å². The van der Waals surface area contributed by atoms with E-state index in [1.165, 1.54) is 28.8 Å². The van der Waals surface area contributed by atoms with Gasteiger partial charge in [-0.3, -0.25) is 4.79 Å². The molecule has 0 saturated carbocycles. The van der Waals surface area contributed by atoms with Crippen LogP contribution in [-0.4, -0.2) is 35.8 Å². The lowest BCUT2D eigenvalue weighted by Crippen LogP contribution is -2.23. The fourth-order valence-corrected chi connectivity index (χ4v) is 4.93. The van der Waals surface area contributed by atoms with Gasteiger partial charge in [0.2, 0.25) is 5.91 Å². The number of benzene rings is 2. The highest BCUT2D eigenvalue weighted by atomic mass is 35.5. The number of carbonyl (C=O) groups excluding carboxylic acids is 1. The van der Waals surface area contributed by atoms with Crippen LogP contribution >= 0.6 is 22.9 Å². The van der Waals surface area contributed by atoms with Gasteiger partial charge in [-0.2, -0.15) is 5.10 Å². The van der Waals surface area contributed by atoms with Gasteiger partial charge in [0.15, 0.2) is 5.13 Å². The van der Waals surface area contributed by atoms with Crippen LogP contribution in [0.1, 0.15) is 35.4 Å². The Morgan fingerprint density at radius 1 is 1.23 bits per heavy atom. The minimum atomic E-state index is -0.265. The molecule has 0 aliphatic carbocycles. The van der Waals surface area contributed by atoms with E-state index in [1.807, 2.05) is 49.5 Å². The van der Waals surface area contributed by atoms with Gasteiger partial charge in [-0.25, -0.2) is 9.99 Å². The van der Waals surface area contributed by atoms with Gasteiger partial charge in [-0.05, 0) is 35.4 Å². The third-order valence-electron chi connectivity index (χ3n) is 5.15. The molecule has 0 spiro atoms. The van der Waals surface area contributed by atoms with E-state index in [0.717, 1.165) is 33.6 Å². The summed E-state index contributed by atoms with van der Waals surface area (Å²) in [5, 5.41) is 7.34. The number of amides is 1. The van der Waals surface area contributed by atoms with Gasteiger partial charge in [0.1, 0.15) is 10.9 Å². The first kappa shape index (κ1) is 21.3. The van der Waals surface area contributed by atoms with Gasteiger partial charge >= 0.3 is 0 Å². The van der Waals surface area contributed by atoms with Crippen LogP contribution < -0.4 is 9.64 Å². The molecule has 4 rings (SSSR count). The number of ether oxygens (including phenoxy) is 1. The Morgan fingerprint density at radius 3 is 2.58 bits per heavy atom. The van der Waals surface area contributed by atoms with Crippen molar-refractivity contribution in [1.82, 2.24) is 9.99 Å². The summed E-state index contributed by atoms with van der Waals surface area (Å²) < 4.78 is 5.23. The van der Waals surface area contributed by atoms with Gasteiger partial charge in [0.05, 0.1) is 23.7 Å². The highest BCUT2D eigenvalue weighted by Crippen LogP contribution is 2.42. The predicted molar refractivity (Wildman–Crippen MR) is 125 cm³/mol. The molecule has 31 heavy (non-hydrogen) atoms. The highest BCUT2D eigenvalue weighted by Gasteiger charge is 2.35. The normalized spacial score (nSPS) is 15.7. The predicted octanol–water partition coefficient (Wildman–Crippen LogP) is 5.14. The number of aromatic nitrogens is 1. The summed E-state index contributed by atoms with van der Waals surface area (Å²) in [6, 6.07) is 17.6. The van der Waals surface area contributed by atoms with Crippen molar-refractivity contribution in [2.45, 2.75) is 25.9 Å². The first-order valence-electron chi connectivity index (χ1n) is 9.89. The van der Waals surface area contributed by atoms with Crippen LogP contribution in [0.2, 0.25) is 5.15 Å². The summed E-state index contributed by atoms with van der Waals surface area (Å²) in [6.45, 7) is 2.24. The number of methoxy groups -OCH3 is 1. The first-order chi connectivity index (χ1) is 15.0. The second kappa shape index (κ2) is 9.08.